The number of piperazine rings is 3. The summed E-state index contributed by atoms with van der Waals surface area (Å²) >= 11 is 0. The molecule has 2 bridgehead atoms. The lowest BCUT2D eigenvalue weighted by Crippen LogP contribution is -2.64. The molecule has 0 aliphatic carbocycles. The van der Waals surface area contributed by atoms with Gasteiger partial charge in [0.15, 0.2) is 0 Å². The number of rotatable bonds is 6. The smallest absolute Gasteiger partial charge is 0.315 e. The second-order valence-electron chi connectivity index (χ2n) is 6.35. The summed E-state index contributed by atoms with van der Waals surface area (Å²) < 4.78 is 0. The Labute approximate surface area is 121 Å². The predicted octanol–water partition coefficient (Wildman–Crippen LogP) is -0.308. The monoisotopic (exact) mass is 284 g/mol. The Morgan fingerprint density at radius 3 is 2.50 bits per heavy atom. The van der Waals surface area contributed by atoms with Crippen molar-refractivity contribution in [2.75, 3.05) is 45.9 Å². The van der Waals surface area contributed by atoms with Crippen LogP contribution < -0.4 is 10.6 Å². The Kier molecular flexibility index (Phi) is 5.63. The van der Waals surface area contributed by atoms with E-state index in [9.17, 15) is 9.90 Å². The molecule has 2 unspecified atom stereocenters. The molecule has 2 amide bonds. The fourth-order valence-electron chi connectivity index (χ4n) is 3.11. The Balaban J connectivity index is 1.69. The van der Waals surface area contributed by atoms with Crippen molar-refractivity contribution < 1.29 is 9.90 Å². The van der Waals surface area contributed by atoms with Gasteiger partial charge in [-0.05, 0) is 12.3 Å². The van der Waals surface area contributed by atoms with Gasteiger partial charge in [0.2, 0.25) is 0 Å². The summed E-state index contributed by atoms with van der Waals surface area (Å²) in [6.07, 6.45) is 0.799. The fourth-order valence-corrected chi connectivity index (χ4v) is 3.11. The van der Waals surface area contributed by atoms with E-state index < -0.39 is 0 Å². The summed E-state index contributed by atoms with van der Waals surface area (Å²) in [6.45, 7) is 10.4. The van der Waals surface area contributed by atoms with Crippen molar-refractivity contribution in [1.82, 2.24) is 20.4 Å². The lowest BCUT2D eigenvalue weighted by Gasteiger charge is -2.47. The van der Waals surface area contributed by atoms with Gasteiger partial charge in [0.05, 0.1) is 12.6 Å². The first-order chi connectivity index (χ1) is 9.58. The summed E-state index contributed by atoms with van der Waals surface area (Å²) in [5, 5.41) is 15.1. The van der Waals surface area contributed by atoms with Gasteiger partial charge < -0.3 is 15.7 Å². The van der Waals surface area contributed by atoms with Crippen LogP contribution in [-0.4, -0.2) is 78.9 Å². The molecular weight excluding hydrogens is 256 g/mol. The van der Waals surface area contributed by atoms with Gasteiger partial charge in [0.1, 0.15) is 0 Å². The average Bonchev–Trinajstić information content (AvgIpc) is 2.45. The van der Waals surface area contributed by atoms with Crippen LogP contribution in [0, 0.1) is 5.92 Å². The van der Waals surface area contributed by atoms with E-state index >= 15 is 0 Å². The number of hydrogen-bond acceptors (Lipinski definition) is 4. The quantitative estimate of drug-likeness (QED) is 0.626. The van der Waals surface area contributed by atoms with E-state index in [4.69, 9.17) is 0 Å². The van der Waals surface area contributed by atoms with Gasteiger partial charge in [-0.15, -0.1) is 0 Å². The number of urea groups is 1. The molecule has 0 aromatic carbocycles. The molecule has 0 radical (unpaired) electrons. The summed E-state index contributed by atoms with van der Waals surface area (Å²) in [7, 11) is 0. The molecule has 3 saturated heterocycles. The maximum Gasteiger partial charge on any atom is 0.315 e. The van der Waals surface area contributed by atoms with Gasteiger partial charge in [-0.1, -0.05) is 13.8 Å². The first kappa shape index (κ1) is 15.5. The topological polar surface area (TPSA) is 67.8 Å². The van der Waals surface area contributed by atoms with Crippen molar-refractivity contribution in [3.63, 3.8) is 0 Å². The minimum atomic E-state index is -0.164. The normalized spacial score (nSPS) is 30.3. The molecule has 3 fully saturated rings. The Hall–Kier alpha value is -0.850. The highest BCUT2D eigenvalue weighted by Crippen LogP contribution is 2.14. The van der Waals surface area contributed by atoms with E-state index in [1.54, 1.807) is 0 Å². The highest BCUT2D eigenvalue weighted by Gasteiger charge is 2.31. The number of amides is 2. The molecule has 0 aromatic rings. The van der Waals surface area contributed by atoms with E-state index in [2.05, 4.69) is 34.3 Å². The molecule has 3 aliphatic rings. The first-order valence-electron chi connectivity index (χ1n) is 7.70. The maximum atomic E-state index is 11.9. The SMILES string of the molecule is CC(C)CC(CO)NC(=O)NCC1CN2CCN1CC2. The van der Waals surface area contributed by atoms with Crippen molar-refractivity contribution in [2.45, 2.75) is 32.4 Å². The van der Waals surface area contributed by atoms with Crippen molar-refractivity contribution in [1.29, 1.82) is 0 Å². The number of carbonyl (C=O) groups is 1. The van der Waals surface area contributed by atoms with Crippen LogP contribution in [0.25, 0.3) is 0 Å². The van der Waals surface area contributed by atoms with Crippen LogP contribution in [0.2, 0.25) is 0 Å². The minimum absolute atomic E-state index is 0.00503. The van der Waals surface area contributed by atoms with Crippen molar-refractivity contribution in [3.8, 4) is 0 Å². The minimum Gasteiger partial charge on any atom is -0.394 e. The van der Waals surface area contributed by atoms with Gasteiger partial charge in [-0.25, -0.2) is 4.79 Å². The van der Waals surface area contributed by atoms with Crippen molar-refractivity contribution in [2.24, 2.45) is 5.92 Å². The molecule has 20 heavy (non-hydrogen) atoms. The highest BCUT2D eigenvalue weighted by atomic mass is 16.3. The summed E-state index contributed by atoms with van der Waals surface area (Å²) in [4.78, 5) is 16.8. The summed E-state index contributed by atoms with van der Waals surface area (Å²) in [5.41, 5.74) is 0. The number of nitrogens with zero attached hydrogens (tertiary/aromatic N) is 2. The van der Waals surface area contributed by atoms with E-state index in [0.717, 1.165) is 39.1 Å². The number of carbonyl (C=O) groups excluding carboxylic acids is 1. The van der Waals surface area contributed by atoms with E-state index in [-0.39, 0.29) is 18.7 Å². The van der Waals surface area contributed by atoms with Crippen LogP contribution in [0.5, 0.6) is 0 Å². The maximum absolute atomic E-state index is 11.9. The average molecular weight is 284 g/mol. The van der Waals surface area contributed by atoms with Crippen LogP contribution in [0.4, 0.5) is 4.79 Å². The second kappa shape index (κ2) is 7.24. The molecule has 3 heterocycles. The molecule has 0 saturated carbocycles. The molecule has 3 rings (SSSR count). The number of hydrogen-bond donors (Lipinski definition) is 3. The summed E-state index contributed by atoms with van der Waals surface area (Å²) in [6, 6.07) is 0.116. The molecular formula is C14H28N4O2. The zero-order chi connectivity index (χ0) is 14.5. The summed E-state index contributed by atoms with van der Waals surface area (Å²) in [5.74, 6) is 0.459. The second-order valence-corrected chi connectivity index (χ2v) is 6.35. The highest BCUT2D eigenvalue weighted by molar-refractivity contribution is 5.74. The fraction of sp³-hybridized carbons (Fsp3) is 0.929. The Morgan fingerprint density at radius 1 is 1.30 bits per heavy atom. The van der Waals surface area contributed by atoms with Gasteiger partial charge in [-0.3, -0.25) is 9.80 Å². The molecule has 0 aromatic heterocycles. The Morgan fingerprint density at radius 2 is 2.00 bits per heavy atom. The molecule has 3 aliphatic heterocycles. The number of nitrogens with one attached hydrogen (secondary N) is 2. The van der Waals surface area contributed by atoms with Gasteiger partial charge in [-0.2, -0.15) is 0 Å². The van der Waals surface area contributed by atoms with Crippen LogP contribution in [-0.2, 0) is 0 Å². The zero-order valence-electron chi connectivity index (χ0n) is 12.6. The largest absolute Gasteiger partial charge is 0.394 e. The molecule has 6 nitrogen and oxygen atoms in total. The van der Waals surface area contributed by atoms with Crippen molar-refractivity contribution in [3.05, 3.63) is 0 Å². The predicted molar refractivity (Wildman–Crippen MR) is 78.7 cm³/mol. The molecule has 3 N–H and O–H groups in total. The van der Waals surface area contributed by atoms with Crippen LogP contribution in [0.15, 0.2) is 0 Å². The van der Waals surface area contributed by atoms with Crippen LogP contribution in [0.1, 0.15) is 20.3 Å². The standard InChI is InChI=1S/C14H28N4O2/c1-11(2)7-12(10-19)16-14(20)15-8-13-9-17-3-5-18(13)6-4-17/h11-13,19H,3-10H2,1-2H3,(H2,15,16,20). The molecule has 0 spiro atoms. The van der Waals surface area contributed by atoms with Gasteiger partial charge in [0, 0.05) is 45.3 Å². The lowest BCUT2D eigenvalue weighted by atomic mass is 10.0. The van der Waals surface area contributed by atoms with Crippen molar-refractivity contribution >= 4 is 6.03 Å². The number of fused-ring (bicyclic) bond motifs is 3. The third-order valence-electron chi connectivity index (χ3n) is 4.20. The van der Waals surface area contributed by atoms with Gasteiger partial charge in [0.25, 0.3) is 0 Å². The van der Waals surface area contributed by atoms with Crippen LogP contribution >= 0.6 is 0 Å². The third-order valence-corrected chi connectivity index (χ3v) is 4.20. The molecule has 116 valence electrons. The van der Waals surface area contributed by atoms with E-state index in [1.165, 1.54) is 0 Å². The number of aliphatic hydroxyl groups excluding tert-OH is 1. The molecule has 6 heteroatoms. The molecule has 2 atom stereocenters. The Bertz CT molecular complexity index is 316. The van der Waals surface area contributed by atoms with E-state index in [1.807, 2.05) is 0 Å². The zero-order valence-corrected chi connectivity index (χ0v) is 12.6. The number of aliphatic hydroxyl groups is 1. The lowest BCUT2D eigenvalue weighted by molar-refractivity contribution is 0.0147. The van der Waals surface area contributed by atoms with E-state index in [0.29, 0.717) is 18.5 Å². The first-order valence-corrected chi connectivity index (χ1v) is 7.70. The van der Waals surface area contributed by atoms with Crippen LogP contribution in [0.3, 0.4) is 0 Å². The van der Waals surface area contributed by atoms with Gasteiger partial charge >= 0.3 is 6.03 Å². The third kappa shape index (κ3) is 4.33.